The van der Waals surface area contributed by atoms with Gasteiger partial charge in [-0.2, -0.15) is 23.8 Å². The first-order valence-electron chi connectivity index (χ1n) is 9.14. The van der Waals surface area contributed by atoms with Gasteiger partial charge in [-0.15, -0.1) is 24.3 Å². The summed E-state index contributed by atoms with van der Waals surface area (Å²) in [4.78, 5) is 8.66. The molecule has 0 unspecified atom stereocenters. The summed E-state index contributed by atoms with van der Waals surface area (Å²) in [6, 6.07) is 10.1. The fourth-order valence-electron chi connectivity index (χ4n) is 1.68. The Kier molecular flexibility index (Phi) is 21.5. The summed E-state index contributed by atoms with van der Waals surface area (Å²) in [7, 11) is -1.61. The second-order valence-corrected chi connectivity index (χ2v) is 11.2. The summed E-state index contributed by atoms with van der Waals surface area (Å²) >= 11 is 0. The Balaban J connectivity index is 0. The third-order valence-electron chi connectivity index (χ3n) is 2.69. The molecule has 2 saturated carbocycles. The number of benzene rings is 1. The van der Waals surface area contributed by atoms with Crippen LogP contribution < -0.4 is 0 Å². The van der Waals surface area contributed by atoms with Gasteiger partial charge < -0.3 is 4.80 Å². The van der Waals surface area contributed by atoms with Crippen LogP contribution in [0.4, 0.5) is 0 Å². The van der Waals surface area contributed by atoms with E-state index in [0.29, 0.717) is 0 Å². The summed E-state index contributed by atoms with van der Waals surface area (Å²) in [5, 5.41) is 0. The Morgan fingerprint density at radius 1 is 0.857 bits per heavy atom. The van der Waals surface area contributed by atoms with Crippen LogP contribution in [-0.4, -0.2) is 13.1 Å². The van der Waals surface area contributed by atoms with Crippen LogP contribution in [0.2, 0.25) is 19.6 Å². The van der Waals surface area contributed by atoms with Gasteiger partial charge >= 0.3 is 0 Å². The van der Waals surface area contributed by atoms with E-state index in [1.54, 1.807) is 0 Å². The van der Waals surface area contributed by atoms with Gasteiger partial charge in [0.2, 0.25) is 0 Å². The maximum Gasteiger partial charge on any atom is 0.179 e. The quantitative estimate of drug-likeness (QED) is 0.317. The molecule has 0 amide bonds. The Morgan fingerprint density at radius 2 is 1.18 bits per heavy atom. The summed E-state index contributed by atoms with van der Waals surface area (Å²) in [5.41, 5.74) is 2.35. The van der Waals surface area contributed by atoms with Gasteiger partial charge in [0.25, 0.3) is 0 Å². The van der Waals surface area contributed by atoms with Crippen molar-refractivity contribution in [3.05, 3.63) is 124 Å². The average Bonchev–Trinajstić information content (AvgIpc) is 3.33. The van der Waals surface area contributed by atoms with Gasteiger partial charge in [-0.1, -0.05) is 19.1 Å². The van der Waals surface area contributed by atoms with Crippen molar-refractivity contribution in [2.45, 2.75) is 33.0 Å². The molecule has 1 N–H and O–H groups in total. The number of rotatable bonds is 3. The third kappa shape index (κ3) is 25.8. The third-order valence-corrected chi connectivity index (χ3v) is 2.69. The predicted molar refractivity (Wildman–Crippen MR) is 121 cm³/mol. The molecule has 3 rings (SSSR count). The zero-order chi connectivity index (χ0) is 20.4. The molecule has 28 heavy (non-hydrogen) atoms. The largest absolute Gasteiger partial charge is 0.433 e. The predicted octanol–water partition coefficient (Wildman–Crippen LogP) is 6.21. The zero-order valence-corrected chi connectivity index (χ0v) is 21.1. The van der Waals surface area contributed by atoms with Gasteiger partial charge in [0.05, 0.1) is 0 Å². The first kappa shape index (κ1) is 30.0. The number of allylic oxidation sites excluding steroid dienone is 2. The molecule has 0 atom stereocenters. The maximum absolute atomic E-state index is 8.66. The van der Waals surface area contributed by atoms with E-state index in [9.17, 15) is 0 Å². The van der Waals surface area contributed by atoms with E-state index >= 15 is 0 Å². The summed E-state index contributed by atoms with van der Waals surface area (Å²) < 4.78 is 0. The Hall–Kier alpha value is -0.240. The molecular weight excluding hydrogens is 436 g/mol. The van der Waals surface area contributed by atoms with Crippen molar-refractivity contribution in [2.75, 3.05) is 0 Å². The van der Waals surface area contributed by atoms with Gasteiger partial charge in [-0.3, -0.25) is 0 Å². The number of hydrogen-bond acceptors (Lipinski definition) is 1. The monoisotopic (exact) mass is 467 g/mol. The van der Waals surface area contributed by atoms with Crippen molar-refractivity contribution in [1.82, 2.24) is 0 Å². The fraction of sp³-hybridized carbons (Fsp3) is 0.200. The van der Waals surface area contributed by atoms with Crippen LogP contribution in [0.3, 0.4) is 0 Å². The summed E-state index contributed by atoms with van der Waals surface area (Å²) in [6.45, 7) is 11.4. The van der Waals surface area contributed by atoms with E-state index < -0.39 is 8.32 Å². The number of hydrogen-bond donors (Lipinski definition) is 1. The first-order valence-corrected chi connectivity index (χ1v) is 12.6. The standard InChI is InChI=1S/C12H13.2C5H5.C3H10OSi.Zr/c1-3-7-11(2)10-12-8-5-4-6-9-12;2*1-2-4-5-3-1;1-5(2,3)4;/h3-6,8-9H,1,7H2,2H3;2*1-5H;4H,1-3H3;/q-1;;;;. The van der Waals surface area contributed by atoms with Gasteiger partial charge in [0.1, 0.15) is 0 Å². The van der Waals surface area contributed by atoms with Crippen molar-refractivity contribution >= 4 is 8.32 Å². The van der Waals surface area contributed by atoms with Gasteiger partial charge in [0, 0.05) is 26.2 Å². The summed E-state index contributed by atoms with van der Waals surface area (Å²) in [6.07, 6.45) is 26.1. The van der Waals surface area contributed by atoms with E-state index in [1.165, 1.54) is 5.57 Å². The minimum atomic E-state index is -1.61. The Labute approximate surface area is 196 Å². The molecule has 0 bridgehead atoms. The minimum Gasteiger partial charge on any atom is -0.433 e. The molecule has 0 saturated heterocycles. The van der Waals surface area contributed by atoms with Gasteiger partial charge in [0.15, 0.2) is 8.32 Å². The smallest absolute Gasteiger partial charge is 0.179 e. The molecule has 1 aromatic carbocycles. The normalized spacial score (nSPS) is 15.5. The molecule has 1 aromatic rings. The SMILES string of the molecule is C=CCC(C)=[C-]c1ccccc1.C[Si](C)(C)O.[CH]1[CH][CH][CH][CH]1.[CH]1[CH][CH][CH][CH]1.[Zr]. The van der Waals surface area contributed by atoms with E-state index in [0.717, 1.165) is 12.0 Å². The van der Waals surface area contributed by atoms with E-state index in [4.69, 9.17) is 4.80 Å². The average molecular weight is 469 g/mol. The van der Waals surface area contributed by atoms with Crippen molar-refractivity contribution in [3.8, 4) is 0 Å². The second-order valence-electron chi connectivity index (χ2n) is 6.86. The van der Waals surface area contributed by atoms with Crippen molar-refractivity contribution in [2.24, 2.45) is 0 Å². The molecule has 0 spiro atoms. The molecule has 2 aliphatic rings. The second kappa shape index (κ2) is 20.0. The molecule has 2 fully saturated rings. The fourth-order valence-corrected chi connectivity index (χ4v) is 1.68. The topological polar surface area (TPSA) is 20.2 Å². The first-order chi connectivity index (χ1) is 12.8. The minimum absolute atomic E-state index is 0. The van der Waals surface area contributed by atoms with Crippen LogP contribution in [0.25, 0.3) is 0 Å². The van der Waals surface area contributed by atoms with E-state index in [1.807, 2.05) is 120 Å². The van der Waals surface area contributed by atoms with Crippen LogP contribution >= 0.6 is 0 Å². The molecule has 3 heteroatoms. The van der Waals surface area contributed by atoms with Crippen molar-refractivity contribution in [3.63, 3.8) is 0 Å². The zero-order valence-electron chi connectivity index (χ0n) is 17.6. The molecule has 0 aliphatic heterocycles. The van der Waals surface area contributed by atoms with Gasteiger partial charge in [-0.05, 0) is 90.3 Å². The molecule has 2 aliphatic carbocycles. The summed E-state index contributed by atoms with van der Waals surface area (Å²) in [5.74, 6) is 0. The molecule has 0 aromatic heterocycles. The van der Waals surface area contributed by atoms with Crippen LogP contribution in [0.5, 0.6) is 0 Å². The van der Waals surface area contributed by atoms with Gasteiger partial charge in [-0.25, -0.2) is 0 Å². The van der Waals surface area contributed by atoms with Crippen LogP contribution in [0.1, 0.15) is 18.9 Å². The van der Waals surface area contributed by atoms with E-state index in [-0.39, 0.29) is 26.2 Å². The maximum atomic E-state index is 8.66. The van der Waals surface area contributed by atoms with Crippen molar-refractivity contribution in [1.29, 1.82) is 0 Å². The van der Waals surface area contributed by atoms with Crippen molar-refractivity contribution < 1.29 is 31.0 Å². The Morgan fingerprint density at radius 3 is 1.46 bits per heavy atom. The van der Waals surface area contributed by atoms with Crippen LogP contribution in [-0.2, 0) is 26.2 Å². The molecule has 10 radical (unpaired) electrons. The molecule has 0 heterocycles. The van der Waals surface area contributed by atoms with Crippen LogP contribution in [0, 0.1) is 70.3 Å². The molecule has 1 nitrogen and oxygen atoms in total. The molecule has 148 valence electrons. The Bertz CT molecular complexity index is 452. The molecular formula is C25H33OSiZr-. The van der Waals surface area contributed by atoms with E-state index in [2.05, 4.69) is 19.6 Å². The van der Waals surface area contributed by atoms with Crippen LogP contribution in [0.15, 0.2) is 48.6 Å².